The molecule has 2 N–H and O–H groups in total. The van der Waals surface area contributed by atoms with Gasteiger partial charge in [0.1, 0.15) is 0 Å². The van der Waals surface area contributed by atoms with E-state index in [1.807, 2.05) is 11.9 Å². The molecule has 2 aromatic carbocycles. The highest BCUT2D eigenvalue weighted by Gasteiger charge is 2.38. The molecule has 1 saturated heterocycles. The summed E-state index contributed by atoms with van der Waals surface area (Å²) in [6.45, 7) is 3.23. The number of carbonyl (C=O) groups excluding carboxylic acids is 1. The van der Waals surface area contributed by atoms with Crippen LogP contribution in [0.3, 0.4) is 0 Å². The third-order valence-corrected chi connectivity index (χ3v) is 6.54. The van der Waals surface area contributed by atoms with Gasteiger partial charge >= 0.3 is 0 Å². The summed E-state index contributed by atoms with van der Waals surface area (Å²) in [5.41, 5.74) is 4.04. The summed E-state index contributed by atoms with van der Waals surface area (Å²) >= 11 is 0. The number of aliphatic imine (C=N–C) groups is 1. The predicted octanol–water partition coefficient (Wildman–Crippen LogP) is 3.60. The lowest BCUT2D eigenvalue weighted by atomic mass is 9.64. The topological polar surface area (TPSA) is 56.7 Å². The number of likely N-dealkylation sites (tertiary alicyclic amines) is 1. The molecule has 1 aliphatic heterocycles. The Balaban J connectivity index is 1.28. The highest BCUT2D eigenvalue weighted by molar-refractivity contribution is 5.79. The highest BCUT2D eigenvalue weighted by Crippen LogP contribution is 2.43. The van der Waals surface area contributed by atoms with E-state index in [1.54, 1.807) is 0 Å². The lowest BCUT2D eigenvalue weighted by molar-refractivity contribution is -0.128. The Labute approximate surface area is 179 Å². The summed E-state index contributed by atoms with van der Waals surface area (Å²) in [5, 5.41) is 6.97. The summed E-state index contributed by atoms with van der Waals surface area (Å²) in [6, 6.07) is 19.3. The fraction of sp³-hybridized carbons (Fsp3) is 0.440. The van der Waals surface area contributed by atoms with Crippen molar-refractivity contribution in [3.05, 3.63) is 71.3 Å². The molecule has 0 aromatic heterocycles. The van der Waals surface area contributed by atoms with Crippen LogP contribution in [0.5, 0.6) is 0 Å². The van der Waals surface area contributed by atoms with Crippen molar-refractivity contribution in [3.63, 3.8) is 0 Å². The molecule has 0 bridgehead atoms. The fourth-order valence-electron chi connectivity index (χ4n) is 4.48. The van der Waals surface area contributed by atoms with Crippen molar-refractivity contribution < 1.29 is 4.79 Å². The second kappa shape index (κ2) is 9.33. The molecule has 5 heteroatoms. The molecule has 158 valence electrons. The zero-order valence-electron chi connectivity index (χ0n) is 17.9. The van der Waals surface area contributed by atoms with Crippen molar-refractivity contribution in [2.45, 2.75) is 50.6 Å². The van der Waals surface area contributed by atoms with Crippen molar-refractivity contribution in [2.24, 2.45) is 4.99 Å². The molecular weight excluding hydrogens is 372 g/mol. The number of carbonyl (C=O) groups is 1. The standard InChI is InChI=1S/C25H32N4O/c1-26-24(28-19-25(14-6-15-25)22-7-3-2-4-8-22)27-17-20-10-12-21(13-11-20)18-29-16-5-9-23(29)30/h2-4,7-8,10-13H,5-6,9,14-19H2,1H3,(H2,26,27,28). The zero-order valence-corrected chi connectivity index (χ0v) is 17.9. The van der Waals surface area contributed by atoms with E-state index in [4.69, 9.17) is 0 Å². The Morgan fingerprint density at radius 2 is 1.73 bits per heavy atom. The normalized spacial score (nSPS) is 18.2. The Morgan fingerprint density at radius 3 is 2.33 bits per heavy atom. The Kier molecular flexibility index (Phi) is 6.36. The van der Waals surface area contributed by atoms with Crippen molar-refractivity contribution in [1.29, 1.82) is 0 Å². The first kappa shape index (κ1) is 20.5. The van der Waals surface area contributed by atoms with E-state index in [2.05, 4.69) is 70.2 Å². The van der Waals surface area contributed by atoms with Crippen molar-refractivity contribution in [3.8, 4) is 0 Å². The lowest BCUT2D eigenvalue weighted by Gasteiger charge is -2.43. The van der Waals surface area contributed by atoms with Crippen molar-refractivity contribution in [1.82, 2.24) is 15.5 Å². The first-order valence-electron chi connectivity index (χ1n) is 11.0. The molecule has 1 saturated carbocycles. The maximum Gasteiger partial charge on any atom is 0.222 e. The third kappa shape index (κ3) is 4.66. The smallest absolute Gasteiger partial charge is 0.222 e. The van der Waals surface area contributed by atoms with Gasteiger partial charge in [0.15, 0.2) is 5.96 Å². The Morgan fingerprint density at radius 1 is 1.00 bits per heavy atom. The first-order valence-corrected chi connectivity index (χ1v) is 11.0. The van der Waals surface area contributed by atoms with Crippen LogP contribution in [0.15, 0.2) is 59.6 Å². The molecule has 0 atom stereocenters. The minimum Gasteiger partial charge on any atom is -0.356 e. The lowest BCUT2D eigenvalue weighted by Crippen LogP contribution is -2.48. The minimum absolute atomic E-state index is 0.230. The van der Waals surface area contributed by atoms with Gasteiger partial charge in [0.2, 0.25) is 5.91 Å². The average Bonchev–Trinajstić information content (AvgIpc) is 3.15. The largest absolute Gasteiger partial charge is 0.356 e. The minimum atomic E-state index is 0.230. The molecule has 0 radical (unpaired) electrons. The van der Waals surface area contributed by atoms with Gasteiger partial charge in [0.25, 0.3) is 0 Å². The number of rotatable bonds is 7. The molecular formula is C25H32N4O. The van der Waals surface area contributed by atoms with Gasteiger partial charge in [0.05, 0.1) is 0 Å². The van der Waals surface area contributed by atoms with Crippen LogP contribution in [0.25, 0.3) is 0 Å². The Hall–Kier alpha value is -2.82. The average molecular weight is 405 g/mol. The number of hydrogen-bond donors (Lipinski definition) is 2. The van der Waals surface area contributed by atoms with Crippen molar-refractivity contribution >= 4 is 11.9 Å². The van der Waals surface area contributed by atoms with E-state index >= 15 is 0 Å². The number of hydrogen-bond acceptors (Lipinski definition) is 2. The van der Waals surface area contributed by atoms with Crippen LogP contribution in [0.4, 0.5) is 0 Å². The van der Waals surface area contributed by atoms with Gasteiger partial charge in [-0.1, -0.05) is 61.0 Å². The van der Waals surface area contributed by atoms with E-state index in [-0.39, 0.29) is 11.3 Å². The van der Waals surface area contributed by atoms with E-state index < -0.39 is 0 Å². The van der Waals surface area contributed by atoms with E-state index in [0.29, 0.717) is 6.42 Å². The first-order chi connectivity index (χ1) is 14.7. The molecule has 2 fully saturated rings. The monoisotopic (exact) mass is 404 g/mol. The number of nitrogens with zero attached hydrogens (tertiary/aromatic N) is 2. The van der Waals surface area contributed by atoms with E-state index in [1.165, 1.54) is 36.0 Å². The van der Waals surface area contributed by atoms with Crippen LogP contribution < -0.4 is 10.6 Å². The second-order valence-electron chi connectivity index (χ2n) is 8.51. The zero-order chi connectivity index (χ0) is 20.8. The van der Waals surface area contributed by atoms with E-state index in [0.717, 1.165) is 38.6 Å². The third-order valence-electron chi connectivity index (χ3n) is 6.54. The maximum atomic E-state index is 11.8. The SMILES string of the molecule is CN=C(NCc1ccc(CN2CCCC2=O)cc1)NCC1(c2ccccc2)CCC1. The van der Waals surface area contributed by atoms with Gasteiger partial charge in [-0.15, -0.1) is 0 Å². The number of guanidine groups is 1. The summed E-state index contributed by atoms with van der Waals surface area (Å²) in [6.07, 6.45) is 5.42. The van der Waals surface area contributed by atoms with Crippen LogP contribution >= 0.6 is 0 Å². The molecule has 4 rings (SSSR count). The number of amides is 1. The summed E-state index contributed by atoms with van der Waals surface area (Å²) in [4.78, 5) is 18.1. The number of nitrogens with one attached hydrogen (secondary N) is 2. The van der Waals surface area contributed by atoms with Crippen LogP contribution in [0.2, 0.25) is 0 Å². The molecule has 1 heterocycles. The molecule has 0 unspecified atom stereocenters. The van der Waals surface area contributed by atoms with E-state index in [9.17, 15) is 4.79 Å². The summed E-state index contributed by atoms with van der Waals surface area (Å²) < 4.78 is 0. The van der Waals surface area contributed by atoms with Gasteiger partial charge in [-0.25, -0.2) is 0 Å². The van der Waals surface area contributed by atoms with Crippen LogP contribution in [0.1, 0.15) is 48.8 Å². The highest BCUT2D eigenvalue weighted by atomic mass is 16.2. The molecule has 2 aromatic rings. The Bertz CT molecular complexity index is 872. The number of benzene rings is 2. The van der Waals surface area contributed by atoms with Gasteiger partial charge < -0.3 is 15.5 Å². The maximum absolute atomic E-state index is 11.8. The van der Waals surface area contributed by atoms with Crippen LogP contribution in [-0.2, 0) is 23.3 Å². The summed E-state index contributed by atoms with van der Waals surface area (Å²) in [5.74, 6) is 1.11. The fourth-order valence-corrected chi connectivity index (χ4v) is 4.48. The predicted molar refractivity (Wildman–Crippen MR) is 121 cm³/mol. The second-order valence-corrected chi connectivity index (χ2v) is 8.51. The molecule has 5 nitrogen and oxygen atoms in total. The van der Waals surface area contributed by atoms with Gasteiger partial charge in [-0.3, -0.25) is 9.79 Å². The van der Waals surface area contributed by atoms with Crippen molar-refractivity contribution in [2.75, 3.05) is 20.1 Å². The van der Waals surface area contributed by atoms with Gasteiger partial charge in [-0.05, 0) is 36.0 Å². The summed E-state index contributed by atoms with van der Waals surface area (Å²) in [7, 11) is 1.82. The van der Waals surface area contributed by atoms with Gasteiger partial charge in [-0.2, -0.15) is 0 Å². The molecule has 0 spiro atoms. The molecule has 1 aliphatic carbocycles. The molecule has 2 aliphatic rings. The molecule has 1 amide bonds. The van der Waals surface area contributed by atoms with Crippen LogP contribution in [-0.4, -0.2) is 36.9 Å². The van der Waals surface area contributed by atoms with Crippen LogP contribution in [0, 0.1) is 0 Å². The molecule has 30 heavy (non-hydrogen) atoms. The van der Waals surface area contributed by atoms with Gasteiger partial charge in [0, 0.05) is 45.1 Å². The quantitative estimate of drug-likeness (QED) is 0.548.